The van der Waals surface area contributed by atoms with Crippen LogP contribution in [-0.4, -0.2) is 49.6 Å². The zero-order valence-electron chi connectivity index (χ0n) is 13.8. The van der Waals surface area contributed by atoms with Crippen molar-refractivity contribution in [1.82, 2.24) is 15.2 Å². The molecule has 4 atom stereocenters. The van der Waals surface area contributed by atoms with E-state index in [9.17, 15) is 4.79 Å². The molecule has 1 aromatic carbocycles. The third-order valence-electron chi connectivity index (χ3n) is 3.96. The van der Waals surface area contributed by atoms with Crippen LogP contribution in [0.1, 0.15) is 18.4 Å². The standard InChI is InChI=1S/C15H26BN3O3P2/c20-15(16-21-9-8-17-23)14-7-6-13(10-19(14)24)18-22-11-12-4-2-1-3-5-12/h1-5,13-14,16-18H,6-11,23-24H2/t13-,14+/m1/s1. The second-order valence-electron chi connectivity index (χ2n) is 5.85. The Labute approximate surface area is 149 Å². The summed E-state index contributed by atoms with van der Waals surface area (Å²) in [5, 5.41) is 2.91. The maximum atomic E-state index is 12.2. The Morgan fingerprint density at radius 3 is 2.83 bits per heavy atom. The van der Waals surface area contributed by atoms with E-state index in [1.807, 2.05) is 35.0 Å². The van der Waals surface area contributed by atoms with Gasteiger partial charge in [0.15, 0.2) is 0 Å². The second kappa shape index (κ2) is 11.3. The van der Waals surface area contributed by atoms with E-state index in [-0.39, 0.29) is 25.2 Å². The first-order valence-corrected chi connectivity index (χ1v) is 9.26. The minimum atomic E-state index is -0.0915. The van der Waals surface area contributed by atoms with Crippen molar-refractivity contribution in [2.75, 3.05) is 19.7 Å². The normalized spacial score (nSPS) is 21.6. The summed E-state index contributed by atoms with van der Waals surface area (Å²) in [4.78, 5) is 17.8. The zero-order valence-corrected chi connectivity index (χ0v) is 16.1. The fraction of sp³-hybridized carbons (Fsp3) is 0.533. The number of hydrogen-bond donors (Lipinski definition) is 2. The molecule has 1 saturated heterocycles. The Morgan fingerprint density at radius 2 is 2.12 bits per heavy atom. The van der Waals surface area contributed by atoms with Gasteiger partial charge in [0.2, 0.25) is 0 Å². The quantitative estimate of drug-likeness (QED) is 0.273. The fourth-order valence-corrected chi connectivity index (χ4v) is 3.34. The second-order valence-corrected chi connectivity index (χ2v) is 6.92. The lowest BCUT2D eigenvalue weighted by atomic mass is 9.83. The molecule has 9 heteroatoms. The van der Waals surface area contributed by atoms with Crippen LogP contribution >= 0.6 is 18.8 Å². The van der Waals surface area contributed by atoms with Crippen LogP contribution in [0.25, 0.3) is 0 Å². The van der Waals surface area contributed by atoms with Crippen LogP contribution in [0.15, 0.2) is 30.3 Å². The number of hydrogen-bond acceptors (Lipinski definition) is 6. The lowest BCUT2D eigenvalue weighted by Gasteiger charge is -2.36. The molecule has 0 radical (unpaired) electrons. The molecular formula is C15H26BN3O3P2. The third-order valence-corrected chi connectivity index (χ3v) is 4.82. The summed E-state index contributed by atoms with van der Waals surface area (Å²) in [6.45, 7) is 2.55. The van der Waals surface area contributed by atoms with Crippen LogP contribution in [0.4, 0.5) is 0 Å². The zero-order chi connectivity index (χ0) is 17.2. The first kappa shape index (κ1) is 19.9. The van der Waals surface area contributed by atoms with Crippen LogP contribution in [0, 0.1) is 0 Å². The summed E-state index contributed by atoms with van der Waals surface area (Å²) in [6.07, 6.45) is 1.71. The minimum Gasteiger partial charge on any atom is -0.430 e. The monoisotopic (exact) mass is 369 g/mol. The van der Waals surface area contributed by atoms with Gasteiger partial charge in [0.25, 0.3) is 0 Å². The van der Waals surface area contributed by atoms with E-state index in [1.54, 1.807) is 0 Å². The molecule has 2 unspecified atom stereocenters. The predicted molar refractivity (Wildman–Crippen MR) is 103 cm³/mol. The van der Waals surface area contributed by atoms with Gasteiger partial charge < -0.3 is 9.45 Å². The van der Waals surface area contributed by atoms with E-state index >= 15 is 0 Å². The molecule has 24 heavy (non-hydrogen) atoms. The first-order chi connectivity index (χ1) is 11.7. The average molecular weight is 369 g/mol. The van der Waals surface area contributed by atoms with E-state index in [1.165, 1.54) is 0 Å². The highest BCUT2D eigenvalue weighted by Crippen LogP contribution is 2.21. The first-order valence-electron chi connectivity index (χ1n) is 8.17. The number of rotatable bonds is 10. The molecule has 0 aliphatic carbocycles. The Bertz CT molecular complexity index is 498. The van der Waals surface area contributed by atoms with Crippen molar-refractivity contribution in [1.29, 1.82) is 0 Å². The fourth-order valence-electron chi connectivity index (χ4n) is 2.66. The van der Waals surface area contributed by atoms with Gasteiger partial charge in [-0.1, -0.05) is 49.1 Å². The van der Waals surface area contributed by atoms with E-state index < -0.39 is 0 Å². The summed E-state index contributed by atoms with van der Waals surface area (Å²) in [7, 11) is 5.24. The summed E-state index contributed by atoms with van der Waals surface area (Å²) in [6, 6.07) is 10.2. The van der Waals surface area contributed by atoms with Crippen molar-refractivity contribution >= 4 is 31.9 Å². The molecule has 0 aromatic heterocycles. The molecule has 0 spiro atoms. The molecule has 2 rings (SSSR count). The van der Waals surface area contributed by atoms with Crippen molar-refractivity contribution in [2.45, 2.75) is 31.5 Å². The van der Waals surface area contributed by atoms with Gasteiger partial charge >= 0.3 is 7.48 Å². The Hall–Kier alpha value is -0.385. The molecular weight excluding hydrogens is 343 g/mol. The molecule has 6 nitrogen and oxygen atoms in total. The summed E-state index contributed by atoms with van der Waals surface area (Å²) in [5.74, 6) is 0. The molecule has 1 aliphatic rings. The van der Waals surface area contributed by atoms with Gasteiger partial charge in [-0.25, -0.2) is 0 Å². The van der Waals surface area contributed by atoms with E-state index in [4.69, 9.17) is 9.49 Å². The molecule has 132 valence electrons. The number of hydroxylamine groups is 1. The number of nitrogens with zero attached hydrogens (tertiary/aromatic N) is 1. The van der Waals surface area contributed by atoms with Gasteiger partial charge in [0.1, 0.15) is 5.68 Å². The van der Waals surface area contributed by atoms with E-state index in [2.05, 4.69) is 29.3 Å². The number of carbonyl (C=O) groups is 1. The maximum Gasteiger partial charge on any atom is 0.353 e. The smallest absolute Gasteiger partial charge is 0.353 e. The lowest BCUT2D eigenvalue weighted by Crippen LogP contribution is -2.50. The van der Waals surface area contributed by atoms with Crippen molar-refractivity contribution in [3.05, 3.63) is 35.9 Å². The minimum absolute atomic E-state index is 0.0915. The highest BCUT2D eigenvalue weighted by atomic mass is 31.0. The van der Waals surface area contributed by atoms with Crippen molar-refractivity contribution in [3.8, 4) is 0 Å². The molecule has 0 amide bonds. The van der Waals surface area contributed by atoms with Crippen molar-refractivity contribution < 1.29 is 14.3 Å². The highest BCUT2D eigenvalue weighted by Gasteiger charge is 2.31. The molecule has 1 heterocycles. The topological polar surface area (TPSA) is 62.8 Å². The highest BCUT2D eigenvalue weighted by molar-refractivity contribution is 7.13. The van der Waals surface area contributed by atoms with Crippen LogP contribution in [0.3, 0.4) is 0 Å². The molecule has 2 N–H and O–H groups in total. The average Bonchev–Trinajstić information content (AvgIpc) is 2.59. The van der Waals surface area contributed by atoms with Gasteiger partial charge in [-0.05, 0) is 18.4 Å². The Balaban J connectivity index is 1.65. The van der Waals surface area contributed by atoms with Gasteiger partial charge in [-0.2, -0.15) is 5.48 Å². The third kappa shape index (κ3) is 6.85. The Morgan fingerprint density at radius 1 is 1.33 bits per heavy atom. The number of carbonyl (C=O) groups excluding carboxylic acids is 1. The molecule has 1 aliphatic heterocycles. The van der Waals surface area contributed by atoms with Gasteiger partial charge in [-0.15, -0.1) is 0 Å². The molecule has 1 aromatic rings. The van der Waals surface area contributed by atoms with Crippen molar-refractivity contribution in [2.24, 2.45) is 0 Å². The van der Waals surface area contributed by atoms with Crippen molar-refractivity contribution in [3.63, 3.8) is 0 Å². The Kier molecular flexibility index (Phi) is 9.36. The van der Waals surface area contributed by atoms with Gasteiger partial charge in [0, 0.05) is 25.7 Å². The molecule has 1 fully saturated rings. The largest absolute Gasteiger partial charge is 0.430 e. The predicted octanol–water partition coefficient (Wildman–Crippen LogP) is 0.605. The number of benzene rings is 1. The number of piperidine rings is 1. The summed E-state index contributed by atoms with van der Waals surface area (Å²) >= 11 is 0. The summed E-state index contributed by atoms with van der Waals surface area (Å²) in [5.41, 5.74) is 4.38. The van der Waals surface area contributed by atoms with Crippen LogP contribution in [-0.2, 0) is 20.9 Å². The van der Waals surface area contributed by atoms with Gasteiger partial charge in [0.05, 0.1) is 12.6 Å². The SMILES string of the molecule is O=C(BOCCNP)[C@@H]1CC[C@@H](NOCc2ccccc2)CN1P. The molecule has 0 saturated carbocycles. The van der Waals surface area contributed by atoms with Crippen LogP contribution in [0.5, 0.6) is 0 Å². The maximum absolute atomic E-state index is 12.2. The van der Waals surface area contributed by atoms with Gasteiger partial charge in [-0.3, -0.25) is 14.6 Å². The van der Waals surface area contributed by atoms with E-state index in [0.717, 1.165) is 31.5 Å². The number of nitrogens with one attached hydrogen (secondary N) is 2. The van der Waals surface area contributed by atoms with Crippen LogP contribution in [0.2, 0.25) is 0 Å². The lowest BCUT2D eigenvalue weighted by molar-refractivity contribution is -0.117. The van der Waals surface area contributed by atoms with E-state index in [0.29, 0.717) is 13.2 Å². The van der Waals surface area contributed by atoms with Crippen LogP contribution < -0.4 is 10.6 Å². The molecule has 0 bridgehead atoms. The summed E-state index contributed by atoms with van der Waals surface area (Å²) < 4.78 is 7.38.